The molecule has 1 aromatic carbocycles. The van der Waals surface area contributed by atoms with Crippen LogP contribution in [0.5, 0.6) is 5.75 Å². The summed E-state index contributed by atoms with van der Waals surface area (Å²) in [6.07, 6.45) is -4.47. The molecule has 3 nitrogen and oxygen atoms in total. The summed E-state index contributed by atoms with van der Waals surface area (Å²) in [7, 11) is 0. The van der Waals surface area contributed by atoms with Gasteiger partial charge in [-0.2, -0.15) is 13.2 Å². The summed E-state index contributed by atoms with van der Waals surface area (Å²) in [6.45, 7) is 1.51. The quantitative estimate of drug-likeness (QED) is 0.716. The maximum absolute atomic E-state index is 13.4. The summed E-state index contributed by atoms with van der Waals surface area (Å²) in [6, 6.07) is 0.739. The minimum atomic E-state index is -4.47. The number of halogens is 7. The Morgan fingerprint density at radius 1 is 1.23 bits per heavy atom. The predicted molar refractivity (Wildman–Crippen MR) is 88.6 cm³/mol. The van der Waals surface area contributed by atoms with Gasteiger partial charge in [0.15, 0.2) is 0 Å². The van der Waals surface area contributed by atoms with Gasteiger partial charge in [-0.15, -0.1) is 24.8 Å². The fourth-order valence-corrected chi connectivity index (χ4v) is 2.81. The van der Waals surface area contributed by atoms with Crippen molar-refractivity contribution in [3.05, 3.63) is 27.2 Å². The van der Waals surface area contributed by atoms with E-state index in [9.17, 15) is 18.3 Å². The first-order chi connectivity index (χ1) is 9.32. The Labute approximate surface area is 152 Å². The van der Waals surface area contributed by atoms with Gasteiger partial charge in [0.25, 0.3) is 0 Å². The van der Waals surface area contributed by atoms with E-state index in [0.717, 1.165) is 0 Å². The van der Waals surface area contributed by atoms with Gasteiger partial charge in [-0.1, -0.05) is 17.7 Å². The summed E-state index contributed by atoms with van der Waals surface area (Å²) in [5.74, 6) is -0.460. The number of hydrogen-bond acceptors (Lipinski definition) is 3. The van der Waals surface area contributed by atoms with Gasteiger partial charge in [-0.3, -0.25) is 4.90 Å². The molecule has 0 aliphatic carbocycles. The highest BCUT2D eigenvalue weighted by molar-refractivity contribution is 9.10. The molecule has 1 aliphatic rings. The van der Waals surface area contributed by atoms with E-state index in [0.29, 0.717) is 13.1 Å². The molecular formula is C12H15BrCl3F3N2O. The average Bonchev–Trinajstić information content (AvgIpc) is 2.39. The highest BCUT2D eigenvalue weighted by atomic mass is 79.9. The second-order valence-electron chi connectivity index (χ2n) is 4.53. The van der Waals surface area contributed by atoms with Crippen LogP contribution in [0.3, 0.4) is 0 Å². The first kappa shape index (κ1) is 22.1. The molecule has 2 N–H and O–H groups in total. The van der Waals surface area contributed by atoms with Gasteiger partial charge in [0.1, 0.15) is 11.8 Å². The van der Waals surface area contributed by atoms with Crippen molar-refractivity contribution in [3.63, 3.8) is 0 Å². The molecule has 1 saturated heterocycles. The topological polar surface area (TPSA) is 35.5 Å². The second-order valence-corrected chi connectivity index (χ2v) is 5.73. The van der Waals surface area contributed by atoms with Gasteiger partial charge in [0, 0.05) is 31.7 Å². The van der Waals surface area contributed by atoms with Crippen LogP contribution in [0.2, 0.25) is 5.02 Å². The van der Waals surface area contributed by atoms with Crippen molar-refractivity contribution in [1.82, 2.24) is 10.2 Å². The molecule has 1 atom stereocenters. The molecule has 0 bridgehead atoms. The summed E-state index contributed by atoms with van der Waals surface area (Å²) >= 11 is 8.79. The van der Waals surface area contributed by atoms with Crippen molar-refractivity contribution in [3.8, 4) is 5.75 Å². The number of hydrogen-bond donors (Lipinski definition) is 2. The lowest BCUT2D eigenvalue weighted by Crippen LogP contribution is -2.49. The lowest BCUT2D eigenvalue weighted by molar-refractivity contribution is -0.188. The number of nitrogens with zero attached hydrogens (tertiary/aromatic N) is 1. The minimum Gasteiger partial charge on any atom is -0.506 e. The Kier molecular flexibility index (Phi) is 8.83. The van der Waals surface area contributed by atoms with E-state index >= 15 is 0 Å². The van der Waals surface area contributed by atoms with E-state index in [2.05, 4.69) is 21.2 Å². The van der Waals surface area contributed by atoms with E-state index in [1.165, 1.54) is 17.0 Å². The highest BCUT2D eigenvalue weighted by Gasteiger charge is 2.46. The number of piperazine rings is 1. The third kappa shape index (κ3) is 4.79. The number of aromatic hydroxyl groups is 1. The summed E-state index contributed by atoms with van der Waals surface area (Å²) in [4.78, 5) is 1.31. The van der Waals surface area contributed by atoms with E-state index < -0.39 is 18.0 Å². The molecule has 128 valence electrons. The Hall–Kier alpha value is 0.0800. The van der Waals surface area contributed by atoms with Crippen molar-refractivity contribution < 1.29 is 18.3 Å². The van der Waals surface area contributed by atoms with Crippen LogP contribution < -0.4 is 5.32 Å². The fourth-order valence-electron chi connectivity index (χ4n) is 2.30. The third-order valence-corrected chi connectivity index (χ3v) is 4.57. The molecule has 10 heteroatoms. The van der Waals surface area contributed by atoms with Crippen LogP contribution in [-0.2, 0) is 0 Å². The van der Waals surface area contributed by atoms with Crippen LogP contribution in [0.15, 0.2) is 16.6 Å². The third-order valence-electron chi connectivity index (χ3n) is 3.22. The van der Waals surface area contributed by atoms with Crippen LogP contribution >= 0.6 is 52.3 Å². The summed E-state index contributed by atoms with van der Waals surface area (Å²) in [5, 5.41) is 13.1. The lowest BCUT2D eigenvalue weighted by Gasteiger charge is -2.36. The standard InChI is InChI=1S/C12H13BrClF3N2O.2ClH/c13-9-8(14)2-1-7(10(9)20)11(12(15,16)17)19-5-3-18-4-6-19;;/h1-2,11,18,20H,3-6H2;2*1H/t11-;;/m1../s1. The Balaban J connectivity index is 0.00000220. The van der Waals surface area contributed by atoms with Crippen LogP contribution in [0.25, 0.3) is 0 Å². The Bertz CT molecular complexity index is 499. The van der Waals surface area contributed by atoms with E-state index in [4.69, 9.17) is 11.6 Å². The van der Waals surface area contributed by atoms with Gasteiger partial charge >= 0.3 is 6.18 Å². The molecule has 1 aromatic rings. The number of rotatable bonds is 2. The highest BCUT2D eigenvalue weighted by Crippen LogP contribution is 2.45. The Morgan fingerprint density at radius 3 is 2.27 bits per heavy atom. The summed E-state index contributed by atoms with van der Waals surface area (Å²) in [5.41, 5.74) is -0.185. The monoisotopic (exact) mass is 444 g/mol. The molecule has 1 aliphatic heterocycles. The molecule has 0 spiro atoms. The molecule has 22 heavy (non-hydrogen) atoms. The summed E-state index contributed by atoms with van der Waals surface area (Å²) < 4.78 is 40.2. The van der Waals surface area contributed by atoms with Crippen LogP contribution in [-0.4, -0.2) is 42.4 Å². The number of nitrogens with one attached hydrogen (secondary N) is 1. The molecule has 0 unspecified atom stereocenters. The lowest BCUT2D eigenvalue weighted by atomic mass is 10.0. The largest absolute Gasteiger partial charge is 0.506 e. The van der Waals surface area contributed by atoms with Crippen LogP contribution in [0, 0.1) is 0 Å². The van der Waals surface area contributed by atoms with E-state index in [-0.39, 0.29) is 53.0 Å². The fraction of sp³-hybridized carbons (Fsp3) is 0.500. The molecule has 0 radical (unpaired) electrons. The first-order valence-electron chi connectivity index (χ1n) is 6.00. The van der Waals surface area contributed by atoms with Gasteiger partial charge < -0.3 is 10.4 Å². The molecule has 1 heterocycles. The number of phenolic OH excluding ortho intramolecular Hbond substituents is 1. The van der Waals surface area contributed by atoms with Gasteiger partial charge in [-0.05, 0) is 22.0 Å². The molecular weight excluding hydrogens is 431 g/mol. The average molecular weight is 447 g/mol. The predicted octanol–water partition coefficient (Wildman–Crippen LogP) is 4.16. The van der Waals surface area contributed by atoms with E-state index in [1.54, 1.807) is 0 Å². The Morgan fingerprint density at radius 2 is 1.77 bits per heavy atom. The molecule has 2 rings (SSSR count). The zero-order valence-electron chi connectivity index (χ0n) is 11.2. The zero-order valence-corrected chi connectivity index (χ0v) is 15.1. The molecule has 1 fully saturated rings. The zero-order chi connectivity index (χ0) is 14.9. The smallest absolute Gasteiger partial charge is 0.408 e. The van der Waals surface area contributed by atoms with E-state index in [1.807, 2.05) is 0 Å². The molecule has 0 aromatic heterocycles. The number of phenols is 1. The SMILES string of the molecule is Cl.Cl.Oc1c([C@@H](N2CCNCC2)C(F)(F)F)ccc(Cl)c1Br. The van der Waals surface area contributed by atoms with Crippen LogP contribution in [0.1, 0.15) is 11.6 Å². The normalized spacial score (nSPS) is 17.3. The number of benzene rings is 1. The van der Waals surface area contributed by atoms with Gasteiger partial charge in [0.2, 0.25) is 0 Å². The van der Waals surface area contributed by atoms with Gasteiger partial charge in [0.05, 0.1) is 9.50 Å². The maximum Gasteiger partial charge on any atom is 0.408 e. The number of alkyl halides is 3. The van der Waals surface area contributed by atoms with Crippen molar-refractivity contribution >= 4 is 52.3 Å². The minimum absolute atomic E-state index is 0. The van der Waals surface area contributed by atoms with Crippen molar-refractivity contribution in [2.24, 2.45) is 0 Å². The van der Waals surface area contributed by atoms with Gasteiger partial charge in [-0.25, -0.2) is 0 Å². The maximum atomic E-state index is 13.4. The molecule has 0 saturated carbocycles. The van der Waals surface area contributed by atoms with Crippen molar-refractivity contribution in [2.75, 3.05) is 26.2 Å². The second kappa shape index (κ2) is 8.80. The van der Waals surface area contributed by atoms with Crippen molar-refractivity contribution in [2.45, 2.75) is 12.2 Å². The first-order valence-corrected chi connectivity index (χ1v) is 7.18. The molecule has 0 amide bonds. The van der Waals surface area contributed by atoms with Crippen LogP contribution in [0.4, 0.5) is 13.2 Å². The van der Waals surface area contributed by atoms with Crippen molar-refractivity contribution in [1.29, 1.82) is 0 Å².